The van der Waals surface area contributed by atoms with Crippen LogP contribution in [0, 0.1) is 5.92 Å². The molecular formula is C16H27N3O3S. The molecular weight excluding hydrogens is 314 g/mol. The Morgan fingerprint density at radius 2 is 1.78 bits per heavy atom. The number of hydrogen-bond donors (Lipinski definition) is 3. The van der Waals surface area contributed by atoms with E-state index in [4.69, 9.17) is 0 Å². The molecule has 130 valence electrons. The summed E-state index contributed by atoms with van der Waals surface area (Å²) in [6.45, 7) is 7.10. The van der Waals surface area contributed by atoms with Gasteiger partial charge in [-0.25, -0.2) is 17.9 Å². The molecule has 0 aliphatic rings. The summed E-state index contributed by atoms with van der Waals surface area (Å²) >= 11 is 0. The van der Waals surface area contributed by atoms with Crippen LogP contribution >= 0.6 is 0 Å². The van der Waals surface area contributed by atoms with Gasteiger partial charge in [0.2, 0.25) is 10.0 Å². The van der Waals surface area contributed by atoms with Crippen LogP contribution in [0.15, 0.2) is 29.2 Å². The molecule has 2 amide bonds. The number of carbonyl (C=O) groups is 1. The summed E-state index contributed by atoms with van der Waals surface area (Å²) in [5.41, 5.74) is 0.552. The molecule has 0 aliphatic carbocycles. The number of sulfonamides is 1. The van der Waals surface area contributed by atoms with E-state index in [2.05, 4.69) is 22.3 Å². The zero-order valence-corrected chi connectivity index (χ0v) is 14.9. The van der Waals surface area contributed by atoms with Crippen LogP contribution in [0.1, 0.15) is 40.0 Å². The smallest absolute Gasteiger partial charge is 0.319 e. The van der Waals surface area contributed by atoms with Crippen LogP contribution in [-0.2, 0) is 10.0 Å². The largest absolute Gasteiger partial charge is 0.338 e. The summed E-state index contributed by atoms with van der Waals surface area (Å²) in [7, 11) is -3.49. The standard InChI is InChI=1S/C16H27N3O3S/c1-4-5-6-11-18-23(21,22)15-9-7-14(8-10-15)19-16(20)17-12-13(2)3/h7-10,13,18H,4-6,11-12H2,1-3H3,(H2,17,19,20). The van der Waals surface area contributed by atoms with Crippen LogP contribution in [-0.4, -0.2) is 27.5 Å². The van der Waals surface area contributed by atoms with Crippen molar-refractivity contribution in [2.75, 3.05) is 18.4 Å². The lowest BCUT2D eigenvalue weighted by Crippen LogP contribution is -2.31. The number of nitrogens with one attached hydrogen (secondary N) is 3. The number of benzene rings is 1. The molecule has 0 saturated heterocycles. The first kappa shape index (κ1) is 19.4. The van der Waals surface area contributed by atoms with E-state index < -0.39 is 10.0 Å². The molecule has 1 aromatic carbocycles. The van der Waals surface area contributed by atoms with Gasteiger partial charge in [0, 0.05) is 18.8 Å². The van der Waals surface area contributed by atoms with Gasteiger partial charge in [-0.15, -0.1) is 0 Å². The molecule has 0 radical (unpaired) electrons. The molecule has 6 nitrogen and oxygen atoms in total. The second-order valence-electron chi connectivity index (χ2n) is 5.86. The van der Waals surface area contributed by atoms with Crippen LogP contribution in [0.4, 0.5) is 10.5 Å². The van der Waals surface area contributed by atoms with Crippen LogP contribution in [0.25, 0.3) is 0 Å². The van der Waals surface area contributed by atoms with Crippen molar-refractivity contribution in [1.82, 2.24) is 10.0 Å². The lowest BCUT2D eigenvalue weighted by atomic mass is 10.2. The fraction of sp³-hybridized carbons (Fsp3) is 0.562. The van der Waals surface area contributed by atoms with Gasteiger partial charge < -0.3 is 10.6 Å². The van der Waals surface area contributed by atoms with Gasteiger partial charge in [-0.1, -0.05) is 33.6 Å². The first-order valence-electron chi connectivity index (χ1n) is 7.99. The summed E-state index contributed by atoms with van der Waals surface area (Å²) in [4.78, 5) is 11.8. The first-order valence-corrected chi connectivity index (χ1v) is 9.48. The fourth-order valence-electron chi connectivity index (χ4n) is 1.85. The zero-order chi connectivity index (χ0) is 17.3. The number of anilines is 1. The predicted molar refractivity (Wildman–Crippen MR) is 93.0 cm³/mol. The van der Waals surface area contributed by atoms with Gasteiger partial charge in [-0.3, -0.25) is 0 Å². The van der Waals surface area contributed by atoms with Crippen LogP contribution in [0.5, 0.6) is 0 Å². The molecule has 7 heteroatoms. The van der Waals surface area contributed by atoms with E-state index in [9.17, 15) is 13.2 Å². The number of unbranched alkanes of at least 4 members (excludes halogenated alkanes) is 2. The highest BCUT2D eigenvalue weighted by molar-refractivity contribution is 7.89. The molecule has 0 bridgehead atoms. The fourth-order valence-corrected chi connectivity index (χ4v) is 2.93. The quantitative estimate of drug-likeness (QED) is 0.604. The highest BCUT2D eigenvalue weighted by Crippen LogP contribution is 2.14. The summed E-state index contributed by atoms with van der Waals surface area (Å²) in [5.74, 6) is 0.368. The van der Waals surface area contributed by atoms with Crippen molar-refractivity contribution >= 4 is 21.7 Å². The molecule has 0 saturated carbocycles. The van der Waals surface area contributed by atoms with Gasteiger partial charge >= 0.3 is 6.03 Å². The van der Waals surface area contributed by atoms with Crippen LogP contribution in [0.2, 0.25) is 0 Å². The van der Waals surface area contributed by atoms with Crippen molar-refractivity contribution in [3.8, 4) is 0 Å². The Hall–Kier alpha value is -1.60. The Kier molecular flexibility index (Phi) is 8.05. The van der Waals surface area contributed by atoms with Crippen molar-refractivity contribution in [3.05, 3.63) is 24.3 Å². The molecule has 23 heavy (non-hydrogen) atoms. The maximum atomic E-state index is 12.1. The van der Waals surface area contributed by atoms with Crippen LogP contribution < -0.4 is 15.4 Å². The van der Waals surface area contributed by atoms with E-state index in [-0.39, 0.29) is 10.9 Å². The van der Waals surface area contributed by atoms with E-state index >= 15 is 0 Å². The highest BCUT2D eigenvalue weighted by Gasteiger charge is 2.13. The molecule has 0 heterocycles. The monoisotopic (exact) mass is 341 g/mol. The molecule has 0 atom stereocenters. The lowest BCUT2D eigenvalue weighted by molar-refractivity contribution is 0.251. The second kappa shape index (κ2) is 9.52. The van der Waals surface area contributed by atoms with E-state index in [0.717, 1.165) is 19.3 Å². The van der Waals surface area contributed by atoms with Crippen molar-refractivity contribution in [2.24, 2.45) is 5.92 Å². The van der Waals surface area contributed by atoms with Gasteiger partial charge in [-0.05, 0) is 36.6 Å². The SMILES string of the molecule is CCCCCNS(=O)(=O)c1ccc(NC(=O)NCC(C)C)cc1. The van der Waals surface area contributed by atoms with Crippen molar-refractivity contribution in [2.45, 2.75) is 44.9 Å². The third-order valence-electron chi connectivity index (χ3n) is 3.17. The molecule has 0 spiro atoms. The number of carbonyl (C=O) groups excluding carboxylic acids is 1. The molecule has 0 aromatic heterocycles. The summed E-state index contributed by atoms with van der Waals surface area (Å²) in [5, 5.41) is 5.41. The number of urea groups is 1. The average molecular weight is 341 g/mol. The normalized spacial score (nSPS) is 11.5. The number of rotatable bonds is 9. The van der Waals surface area contributed by atoms with E-state index in [1.165, 1.54) is 12.1 Å². The summed E-state index contributed by atoms with van der Waals surface area (Å²) in [6.07, 6.45) is 2.86. The Labute approximate surface area is 139 Å². The number of amides is 2. The highest BCUT2D eigenvalue weighted by atomic mass is 32.2. The lowest BCUT2D eigenvalue weighted by Gasteiger charge is -2.10. The number of hydrogen-bond acceptors (Lipinski definition) is 3. The van der Waals surface area contributed by atoms with E-state index in [0.29, 0.717) is 24.7 Å². The van der Waals surface area contributed by atoms with Gasteiger partial charge in [0.15, 0.2) is 0 Å². The van der Waals surface area contributed by atoms with Gasteiger partial charge in [0.25, 0.3) is 0 Å². The molecule has 1 rings (SSSR count). The van der Waals surface area contributed by atoms with E-state index in [1.807, 2.05) is 13.8 Å². The average Bonchev–Trinajstić information content (AvgIpc) is 2.50. The Balaban J connectivity index is 2.56. The minimum Gasteiger partial charge on any atom is -0.338 e. The maximum absolute atomic E-state index is 12.1. The predicted octanol–water partition coefficient (Wildman–Crippen LogP) is 2.93. The third-order valence-corrected chi connectivity index (χ3v) is 4.64. The van der Waals surface area contributed by atoms with Gasteiger partial charge in [0.05, 0.1) is 4.90 Å². The second-order valence-corrected chi connectivity index (χ2v) is 7.63. The maximum Gasteiger partial charge on any atom is 0.319 e. The molecule has 0 fully saturated rings. The Morgan fingerprint density at radius 1 is 1.13 bits per heavy atom. The third kappa shape index (κ3) is 7.47. The molecule has 3 N–H and O–H groups in total. The minimum atomic E-state index is -3.49. The topological polar surface area (TPSA) is 87.3 Å². The molecule has 1 aromatic rings. The Bertz CT molecular complexity index is 583. The molecule has 0 aliphatic heterocycles. The summed E-state index contributed by atoms with van der Waals surface area (Å²) in [6, 6.07) is 5.83. The van der Waals surface area contributed by atoms with E-state index in [1.54, 1.807) is 12.1 Å². The van der Waals surface area contributed by atoms with Crippen molar-refractivity contribution in [3.63, 3.8) is 0 Å². The first-order chi connectivity index (χ1) is 10.8. The van der Waals surface area contributed by atoms with Crippen molar-refractivity contribution < 1.29 is 13.2 Å². The zero-order valence-electron chi connectivity index (χ0n) is 14.1. The van der Waals surface area contributed by atoms with Crippen molar-refractivity contribution in [1.29, 1.82) is 0 Å². The van der Waals surface area contributed by atoms with Gasteiger partial charge in [0.1, 0.15) is 0 Å². The minimum absolute atomic E-state index is 0.196. The molecule has 0 unspecified atom stereocenters. The van der Waals surface area contributed by atoms with Crippen LogP contribution in [0.3, 0.4) is 0 Å². The van der Waals surface area contributed by atoms with Gasteiger partial charge in [-0.2, -0.15) is 0 Å². The Morgan fingerprint density at radius 3 is 2.35 bits per heavy atom. The summed E-state index contributed by atoms with van der Waals surface area (Å²) < 4.78 is 26.8.